The van der Waals surface area contributed by atoms with Crippen LogP contribution in [0.15, 0.2) is 0 Å². The van der Waals surface area contributed by atoms with Crippen molar-refractivity contribution >= 4 is 4.02 Å². The molecule has 0 rings (SSSR count). The Kier molecular flexibility index (Phi) is 14.1. The number of hydrogen-bond donors (Lipinski definition) is 0. The molecule has 0 spiro atoms. The van der Waals surface area contributed by atoms with Gasteiger partial charge in [-0.2, -0.15) is 0 Å². The van der Waals surface area contributed by atoms with Crippen molar-refractivity contribution in [2.75, 3.05) is 6.54 Å². The van der Waals surface area contributed by atoms with Gasteiger partial charge < -0.3 is 0 Å². The third-order valence-corrected chi connectivity index (χ3v) is 1.31. The smallest absolute Gasteiger partial charge is 0 e. The van der Waals surface area contributed by atoms with E-state index in [-0.39, 0.29) is 32.7 Å². The average molecular weight is 371 g/mol. The molecule has 0 saturated heterocycles. The molecule has 0 aliphatic rings. The third kappa shape index (κ3) is 12.7. The first-order chi connectivity index (χ1) is 3.77. The molecule has 0 fully saturated rings. The van der Waals surface area contributed by atoms with E-state index in [9.17, 15) is 0 Å². The van der Waals surface area contributed by atoms with Crippen LogP contribution in [0, 0.1) is 0 Å². The summed E-state index contributed by atoms with van der Waals surface area (Å²) in [6.45, 7) is 5.30. The van der Waals surface area contributed by atoms with Gasteiger partial charge in [-0.15, -0.1) is 0 Å². The van der Waals surface area contributed by atoms with Crippen LogP contribution in [-0.2, 0) is 52.1 Å². The summed E-state index contributed by atoms with van der Waals surface area (Å²) in [4.78, 5) is 0. The Bertz CT molecular complexity index is 75.5. The van der Waals surface area contributed by atoms with Gasteiger partial charge in [0.25, 0.3) is 0 Å². The molecular formula is C6H12NWY-. The van der Waals surface area contributed by atoms with Gasteiger partial charge in [0.05, 0.1) is 0 Å². The zero-order valence-electron chi connectivity index (χ0n) is 6.05. The number of rotatable bonds is 4. The Balaban J connectivity index is 0. The zero-order valence-corrected chi connectivity index (χ0v) is 11.8. The van der Waals surface area contributed by atoms with Crippen molar-refractivity contribution < 1.29 is 52.1 Å². The summed E-state index contributed by atoms with van der Waals surface area (Å²) < 4.78 is 1.28. The van der Waals surface area contributed by atoms with E-state index in [1.165, 1.54) is 36.2 Å². The SMILES string of the molecule is CCCC[N-][C](C)=[W].[Y]. The Morgan fingerprint density at radius 3 is 2.44 bits per heavy atom. The molecule has 0 atom stereocenters. The molecule has 1 nitrogen and oxygen atoms in total. The third-order valence-electron chi connectivity index (χ3n) is 0.846. The summed E-state index contributed by atoms with van der Waals surface area (Å²) in [5, 5.41) is 4.27. The summed E-state index contributed by atoms with van der Waals surface area (Å²) in [7, 11) is 0. The van der Waals surface area contributed by atoms with Crippen molar-refractivity contribution in [3.63, 3.8) is 0 Å². The predicted octanol–water partition coefficient (Wildman–Crippen LogP) is 1.85. The van der Waals surface area contributed by atoms with Gasteiger partial charge in [0, 0.05) is 32.7 Å². The van der Waals surface area contributed by atoms with Crippen LogP contribution < -0.4 is 0 Å². The first kappa shape index (κ1) is 13.2. The van der Waals surface area contributed by atoms with E-state index < -0.39 is 0 Å². The second kappa shape index (κ2) is 9.62. The Hall–Kier alpha value is 1.62. The van der Waals surface area contributed by atoms with Gasteiger partial charge >= 0.3 is 61.9 Å². The molecule has 3 heteroatoms. The van der Waals surface area contributed by atoms with Gasteiger partial charge in [-0.05, 0) is 0 Å². The van der Waals surface area contributed by atoms with Gasteiger partial charge in [-0.3, -0.25) is 0 Å². The van der Waals surface area contributed by atoms with Gasteiger partial charge in [0.2, 0.25) is 0 Å². The average Bonchev–Trinajstić information content (AvgIpc) is 1.66. The standard InChI is InChI=1S/C6H12N.W.Y/c1-3-5-6-7-4-2;;/h3,5-6H2,1-2H3;;/q-1;;. The van der Waals surface area contributed by atoms with Crippen LogP contribution in [0.1, 0.15) is 26.7 Å². The van der Waals surface area contributed by atoms with Crippen LogP contribution in [-0.4, -0.2) is 10.6 Å². The molecular weight excluding hydrogens is 359 g/mol. The molecule has 0 N–H and O–H groups in total. The molecule has 0 aromatic heterocycles. The second-order valence-electron chi connectivity index (χ2n) is 1.75. The largest absolute Gasteiger partial charge is 0 e. The maximum Gasteiger partial charge on any atom is 0 e. The number of nitrogens with zero attached hydrogens (tertiary/aromatic N) is 1. The van der Waals surface area contributed by atoms with E-state index in [2.05, 4.69) is 19.2 Å². The first-order valence-electron chi connectivity index (χ1n) is 2.95. The molecule has 0 saturated carbocycles. The van der Waals surface area contributed by atoms with Gasteiger partial charge in [0.15, 0.2) is 0 Å². The summed E-state index contributed by atoms with van der Waals surface area (Å²) in [5.41, 5.74) is 0. The molecule has 0 amide bonds. The predicted molar refractivity (Wildman–Crippen MR) is 33.8 cm³/mol. The first-order valence-corrected chi connectivity index (χ1v) is 4.42. The van der Waals surface area contributed by atoms with Crippen LogP contribution in [0.2, 0.25) is 0 Å². The van der Waals surface area contributed by atoms with Gasteiger partial charge in [0.1, 0.15) is 0 Å². The van der Waals surface area contributed by atoms with E-state index in [4.69, 9.17) is 0 Å². The van der Waals surface area contributed by atoms with E-state index >= 15 is 0 Å². The van der Waals surface area contributed by atoms with E-state index in [0.717, 1.165) is 6.54 Å². The van der Waals surface area contributed by atoms with Gasteiger partial charge in [-0.25, -0.2) is 0 Å². The van der Waals surface area contributed by atoms with Crippen molar-refractivity contribution in [2.45, 2.75) is 26.7 Å². The minimum atomic E-state index is 0. The summed E-state index contributed by atoms with van der Waals surface area (Å²) in [6, 6.07) is 0. The maximum atomic E-state index is 4.27. The molecule has 0 aliphatic carbocycles. The number of hydrogen-bond acceptors (Lipinski definition) is 0. The molecule has 0 heterocycles. The van der Waals surface area contributed by atoms with Crippen molar-refractivity contribution in [1.82, 2.24) is 0 Å². The normalized spacial score (nSPS) is 8.22. The molecule has 0 bridgehead atoms. The van der Waals surface area contributed by atoms with Crippen molar-refractivity contribution in [1.29, 1.82) is 0 Å². The number of unbranched alkanes of at least 4 members (excludes halogenated alkanes) is 1. The molecule has 1 radical (unpaired) electrons. The summed E-state index contributed by atoms with van der Waals surface area (Å²) in [6.07, 6.45) is 2.50. The molecule has 51 valence electrons. The van der Waals surface area contributed by atoms with Crippen LogP contribution in [0.3, 0.4) is 0 Å². The van der Waals surface area contributed by atoms with Crippen LogP contribution in [0.25, 0.3) is 5.32 Å². The minimum Gasteiger partial charge on any atom is 0 e. The second-order valence-corrected chi connectivity index (χ2v) is 3.88. The van der Waals surface area contributed by atoms with Crippen LogP contribution in [0.4, 0.5) is 0 Å². The minimum absolute atomic E-state index is 0. The molecule has 0 unspecified atom stereocenters. The topological polar surface area (TPSA) is 14.1 Å². The van der Waals surface area contributed by atoms with Crippen molar-refractivity contribution in [3.8, 4) is 0 Å². The summed E-state index contributed by atoms with van der Waals surface area (Å²) >= 11 is 1.50. The Morgan fingerprint density at radius 1 is 1.56 bits per heavy atom. The maximum absolute atomic E-state index is 4.27. The molecule has 0 aromatic carbocycles. The van der Waals surface area contributed by atoms with Gasteiger partial charge in [-0.1, -0.05) is 0 Å². The molecule has 0 aromatic rings. The van der Waals surface area contributed by atoms with Crippen LogP contribution >= 0.6 is 0 Å². The van der Waals surface area contributed by atoms with E-state index in [1.54, 1.807) is 0 Å². The zero-order chi connectivity index (χ0) is 6.41. The monoisotopic (exact) mass is 371 g/mol. The quantitative estimate of drug-likeness (QED) is 0.671. The fourth-order valence-electron chi connectivity index (χ4n) is 0.395. The fraction of sp³-hybridized carbons (Fsp3) is 0.833. The van der Waals surface area contributed by atoms with Crippen molar-refractivity contribution in [3.05, 3.63) is 5.32 Å². The molecule has 9 heavy (non-hydrogen) atoms. The van der Waals surface area contributed by atoms with Crippen molar-refractivity contribution in [2.24, 2.45) is 0 Å². The fourth-order valence-corrected chi connectivity index (χ4v) is 0.723. The van der Waals surface area contributed by atoms with Crippen LogP contribution in [0.5, 0.6) is 0 Å². The Labute approximate surface area is 93.7 Å². The van der Waals surface area contributed by atoms with E-state index in [0.29, 0.717) is 0 Å². The Morgan fingerprint density at radius 2 is 2.11 bits per heavy atom. The van der Waals surface area contributed by atoms with E-state index in [1.807, 2.05) is 0 Å². The summed E-state index contributed by atoms with van der Waals surface area (Å²) in [5.74, 6) is 0. The molecule has 0 aliphatic heterocycles.